The molecule has 3 amide bonds. The number of para-hydroxylation sites is 1. The van der Waals surface area contributed by atoms with E-state index in [9.17, 15) is 29.4 Å². The van der Waals surface area contributed by atoms with Crippen LogP contribution in [0.15, 0.2) is 132 Å². The molecular weight excluding hydrogens is 797 g/mol. The number of aliphatic hydroxyl groups excluding tert-OH is 1. The molecule has 326 valence electrons. The number of aromatic amines is 1. The lowest BCUT2D eigenvalue weighted by Gasteiger charge is -2.31. The molecule has 0 radical (unpaired) electrons. The van der Waals surface area contributed by atoms with Crippen LogP contribution in [0.5, 0.6) is 5.75 Å². The Bertz CT molecular complexity index is 2590. The molecule has 1 fully saturated rings. The predicted octanol–water partition coefficient (Wildman–Crippen LogP) is 7.15. The molecule has 2 atom stereocenters. The minimum Gasteiger partial charge on any atom is -0.506 e. The van der Waals surface area contributed by atoms with E-state index >= 15 is 0 Å². The average Bonchev–Trinajstić information content (AvgIpc) is 3.30. The Morgan fingerprint density at radius 2 is 1.62 bits per heavy atom. The number of nitrogens with one attached hydrogen (secondary N) is 4. The standard InChI is InChI=1S/C50H54N6O7/c1-33(51-32-45(58)41-18-20-44(57)48-42(41)19-21-46(59)54-48)28-34-10-8-11-35(29-34)31-52-49(61)37-14-9-15-38(30-37)55(2)47(60)24-27-56-25-22-39(23-26-56)63-50(62)53-43-17-7-6-16-40(43)36-12-4-3-5-13-36/h3-21,29-30,33,39,45,51,57-58H,22-28,31-32H2,1-2H3,(H,52,61)(H,53,62)(H,54,59). The Morgan fingerprint density at radius 3 is 2.43 bits per heavy atom. The number of aliphatic hydroxyl groups is 1. The number of phenols is 1. The maximum atomic E-state index is 13.3. The van der Waals surface area contributed by atoms with Crippen LogP contribution in [-0.4, -0.2) is 83.4 Å². The molecule has 13 nitrogen and oxygen atoms in total. The van der Waals surface area contributed by atoms with Crippen molar-refractivity contribution in [3.8, 4) is 16.9 Å². The minimum atomic E-state index is -0.867. The number of H-pyrrole nitrogens is 1. The minimum absolute atomic E-state index is 0.0111. The summed E-state index contributed by atoms with van der Waals surface area (Å²) in [5.41, 5.74) is 6.25. The summed E-state index contributed by atoms with van der Waals surface area (Å²) < 4.78 is 5.78. The number of anilines is 2. The van der Waals surface area contributed by atoms with Crippen molar-refractivity contribution in [3.63, 3.8) is 0 Å². The van der Waals surface area contributed by atoms with Gasteiger partial charge in [-0.25, -0.2) is 4.79 Å². The van der Waals surface area contributed by atoms with Crippen molar-refractivity contribution in [2.24, 2.45) is 0 Å². The maximum Gasteiger partial charge on any atom is 0.411 e. The molecule has 1 aliphatic rings. The lowest BCUT2D eigenvalue weighted by molar-refractivity contribution is -0.118. The fourth-order valence-corrected chi connectivity index (χ4v) is 7.97. The number of carbonyl (C=O) groups is 3. The highest BCUT2D eigenvalue weighted by Gasteiger charge is 2.24. The number of carbonyl (C=O) groups excluding carboxylic acids is 3. The number of nitrogens with zero attached hydrogens (tertiary/aromatic N) is 2. The number of aromatic hydroxyl groups is 1. The second-order valence-electron chi connectivity index (χ2n) is 16.1. The number of rotatable bonds is 16. The Morgan fingerprint density at radius 1 is 0.873 bits per heavy atom. The summed E-state index contributed by atoms with van der Waals surface area (Å²) in [5, 5.41) is 31.0. The fourth-order valence-electron chi connectivity index (χ4n) is 7.97. The van der Waals surface area contributed by atoms with Crippen LogP contribution in [0.2, 0.25) is 0 Å². The van der Waals surface area contributed by atoms with Gasteiger partial charge in [0.05, 0.1) is 17.3 Å². The first-order valence-corrected chi connectivity index (χ1v) is 21.3. The van der Waals surface area contributed by atoms with Crippen molar-refractivity contribution in [2.75, 3.05) is 43.4 Å². The van der Waals surface area contributed by atoms with E-state index < -0.39 is 12.2 Å². The van der Waals surface area contributed by atoms with Gasteiger partial charge in [-0.1, -0.05) is 84.9 Å². The van der Waals surface area contributed by atoms with E-state index in [2.05, 4.69) is 25.8 Å². The Labute approximate surface area is 366 Å². The Balaban J connectivity index is 0.826. The van der Waals surface area contributed by atoms with E-state index in [1.54, 1.807) is 42.3 Å². The molecule has 2 unspecified atom stereocenters. The van der Waals surface area contributed by atoms with Gasteiger partial charge in [-0.2, -0.15) is 0 Å². The van der Waals surface area contributed by atoms with Crippen LogP contribution in [-0.2, 0) is 22.5 Å². The zero-order valence-electron chi connectivity index (χ0n) is 35.6. The summed E-state index contributed by atoms with van der Waals surface area (Å²) in [5.74, 6) is -0.375. The normalized spacial score (nSPS) is 14.1. The van der Waals surface area contributed by atoms with Crippen LogP contribution in [0.1, 0.15) is 59.3 Å². The molecule has 0 spiro atoms. The van der Waals surface area contributed by atoms with Crippen LogP contribution in [0.4, 0.5) is 16.2 Å². The van der Waals surface area contributed by atoms with Crippen LogP contribution in [0, 0.1) is 0 Å². The van der Waals surface area contributed by atoms with Gasteiger partial charge in [0.25, 0.3) is 5.91 Å². The molecule has 7 rings (SSSR count). The quantitative estimate of drug-likeness (QED) is 0.0591. The van der Waals surface area contributed by atoms with Crippen molar-refractivity contribution in [1.29, 1.82) is 0 Å². The molecule has 6 N–H and O–H groups in total. The molecule has 0 bridgehead atoms. The number of pyridine rings is 1. The molecule has 63 heavy (non-hydrogen) atoms. The highest BCUT2D eigenvalue weighted by Crippen LogP contribution is 2.30. The molecular formula is C50H54N6O7. The fraction of sp³-hybridized carbons (Fsp3) is 0.280. The van der Waals surface area contributed by atoms with Crippen molar-refractivity contribution >= 4 is 40.2 Å². The third-order valence-corrected chi connectivity index (χ3v) is 11.5. The number of phenolic OH excluding ortho intramolecular Hbond substituents is 1. The number of piperidine rings is 1. The topological polar surface area (TPSA) is 176 Å². The van der Waals surface area contributed by atoms with Gasteiger partial charge < -0.3 is 40.4 Å². The number of amides is 3. The molecule has 2 heterocycles. The van der Waals surface area contributed by atoms with Crippen LogP contribution >= 0.6 is 0 Å². The van der Waals surface area contributed by atoms with Gasteiger partial charge in [0.1, 0.15) is 11.9 Å². The number of likely N-dealkylation sites (tertiary alicyclic amines) is 1. The summed E-state index contributed by atoms with van der Waals surface area (Å²) in [6.45, 7) is 4.60. The van der Waals surface area contributed by atoms with Gasteiger partial charge in [0.2, 0.25) is 11.5 Å². The Kier molecular flexibility index (Phi) is 14.6. The predicted molar refractivity (Wildman–Crippen MR) is 246 cm³/mol. The third kappa shape index (κ3) is 11.8. The highest BCUT2D eigenvalue weighted by molar-refractivity contribution is 5.98. The Hall–Kier alpha value is -6.80. The lowest BCUT2D eigenvalue weighted by Crippen LogP contribution is -2.40. The van der Waals surface area contributed by atoms with E-state index in [0.29, 0.717) is 85.3 Å². The first kappa shape index (κ1) is 44.3. The smallest absolute Gasteiger partial charge is 0.411 e. The summed E-state index contributed by atoms with van der Waals surface area (Å²) in [6.07, 6.45) is 0.773. The summed E-state index contributed by atoms with van der Waals surface area (Å²) in [6, 6.07) is 38.6. The number of ether oxygens (including phenoxy) is 1. The third-order valence-electron chi connectivity index (χ3n) is 11.5. The number of aromatic nitrogens is 1. The molecule has 6 aromatic rings. The zero-order valence-corrected chi connectivity index (χ0v) is 35.6. The number of hydrogen-bond donors (Lipinski definition) is 6. The summed E-state index contributed by atoms with van der Waals surface area (Å²) in [7, 11) is 1.72. The molecule has 1 aliphatic heterocycles. The average molecular weight is 851 g/mol. The van der Waals surface area contributed by atoms with E-state index in [1.807, 2.05) is 91.9 Å². The van der Waals surface area contributed by atoms with Crippen molar-refractivity contribution in [2.45, 2.75) is 57.4 Å². The first-order chi connectivity index (χ1) is 30.5. The second kappa shape index (κ2) is 20.8. The van der Waals surface area contributed by atoms with E-state index in [-0.39, 0.29) is 41.8 Å². The molecule has 0 saturated carbocycles. The highest BCUT2D eigenvalue weighted by atomic mass is 16.6. The molecule has 0 aliphatic carbocycles. The van der Waals surface area contributed by atoms with E-state index in [1.165, 1.54) is 12.1 Å². The summed E-state index contributed by atoms with van der Waals surface area (Å²) >= 11 is 0. The van der Waals surface area contributed by atoms with Gasteiger partial charge in [-0.05, 0) is 84.8 Å². The van der Waals surface area contributed by atoms with Crippen LogP contribution in [0.3, 0.4) is 0 Å². The molecule has 5 aromatic carbocycles. The maximum absolute atomic E-state index is 13.3. The first-order valence-electron chi connectivity index (χ1n) is 21.3. The van der Waals surface area contributed by atoms with Gasteiger partial charge in [0, 0.05) is 80.5 Å². The van der Waals surface area contributed by atoms with E-state index in [0.717, 1.165) is 22.3 Å². The second-order valence-corrected chi connectivity index (χ2v) is 16.1. The number of hydrogen-bond acceptors (Lipinski definition) is 9. The monoisotopic (exact) mass is 850 g/mol. The summed E-state index contributed by atoms with van der Waals surface area (Å²) in [4.78, 5) is 57.6. The van der Waals surface area contributed by atoms with Crippen molar-refractivity contribution in [1.82, 2.24) is 20.5 Å². The lowest BCUT2D eigenvalue weighted by atomic mass is 10.0. The molecule has 13 heteroatoms. The number of fused-ring (bicyclic) bond motifs is 1. The SMILES string of the molecule is CC(Cc1cccc(CNC(=O)c2cccc(N(C)C(=O)CCN3CCC(OC(=O)Nc4ccccc4-c4ccccc4)CC3)c2)c1)NCC(O)c1ccc(O)c2[nH]c(=O)ccc12. The van der Waals surface area contributed by atoms with Crippen molar-refractivity contribution in [3.05, 3.63) is 160 Å². The van der Waals surface area contributed by atoms with E-state index in [4.69, 9.17) is 4.74 Å². The van der Waals surface area contributed by atoms with Crippen molar-refractivity contribution < 1.29 is 29.3 Å². The zero-order chi connectivity index (χ0) is 44.3. The van der Waals surface area contributed by atoms with Gasteiger partial charge in [-0.3, -0.25) is 19.7 Å². The largest absolute Gasteiger partial charge is 0.506 e. The van der Waals surface area contributed by atoms with Gasteiger partial charge in [0.15, 0.2) is 0 Å². The van der Waals surface area contributed by atoms with Crippen LogP contribution < -0.4 is 26.4 Å². The molecule has 1 aromatic heterocycles. The molecule has 1 saturated heterocycles. The van der Waals surface area contributed by atoms with Gasteiger partial charge in [-0.15, -0.1) is 0 Å². The van der Waals surface area contributed by atoms with Crippen LogP contribution in [0.25, 0.3) is 22.0 Å². The van der Waals surface area contributed by atoms with Gasteiger partial charge >= 0.3 is 6.09 Å². The number of benzene rings is 5.